The first-order chi connectivity index (χ1) is 18.9. The van der Waals surface area contributed by atoms with Crippen molar-refractivity contribution in [2.45, 2.75) is 62.9 Å². The summed E-state index contributed by atoms with van der Waals surface area (Å²) in [4.78, 5) is 29.4. The molecule has 1 atom stereocenters. The van der Waals surface area contributed by atoms with E-state index in [-0.39, 0.29) is 30.2 Å². The number of hydrogen-bond acceptors (Lipinski definition) is 3. The molecule has 3 aromatic rings. The van der Waals surface area contributed by atoms with Crippen LogP contribution in [0.1, 0.15) is 48.8 Å². The molecule has 0 unspecified atom stereocenters. The molecule has 2 amide bonds. The van der Waals surface area contributed by atoms with Gasteiger partial charge in [-0.15, -0.1) is 11.8 Å². The van der Waals surface area contributed by atoms with E-state index in [1.54, 1.807) is 23.1 Å². The maximum absolute atomic E-state index is 13.9. The highest BCUT2D eigenvalue weighted by atomic mass is 35.5. The molecule has 206 valence electrons. The fourth-order valence-corrected chi connectivity index (χ4v) is 6.74. The summed E-state index contributed by atoms with van der Waals surface area (Å²) in [5.74, 6) is 0.406. The molecule has 0 bridgehead atoms. The zero-order valence-corrected chi connectivity index (χ0v) is 24.8. The Morgan fingerprint density at radius 1 is 0.846 bits per heavy atom. The van der Waals surface area contributed by atoms with Gasteiger partial charge in [0.05, 0.1) is 5.75 Å². The van der Waals surface area contributed by atoms with E-state index in [2.05, 4.69) is 5.32 Å². The van der Waals surface area contributed by atoms with Crippen LogP contribution in [0.3, 0.4) is 0 Å². The van der Waals surface area contributed by atoms with Crippen LogP contribution >= 0.6 is 46.6 Å². The Kier molecular flexibility index (Phi) is 11.5. The first kappa shape index (κ1) is 29.8. The number of nitrogens with zero attached hydrogens (tertiary/aromatic N) is 1. The van der Waals surface area contributed by atoms with Gasteiger partial charge in [-0.25, -0.2) is 0 Å². The van der Waals surface area contributed by atoms with Gasteiger partial charge in [-0.05, 0) is 47.7 Å². The van der Waals surface area contributed by atoms with E-state index >= 15 is 0 Å². The number of benzene rings is 3. The number of carbonyl (C=O) groups excluding carboxylic acids is 2. The lowest BCUT2D eigenvalue weighted by Gasteiger charge is -2.33. The maximum atomic E-state index is 13.9. The van der Waals surface area contributed by atoms with E-state index in [0.29, 0.717) is 27.2 Å². The van der Waals surface area contributed by atoms with Gasteiger partial charge in [0.15, 0.2) is 0 Å². The first-order valence-electron chi connectivity index (χ1n) is 13.3. The average Bonchev–Trinajstić information content (AvgIpc) is 2.94. The summed E-state index contributed by atoms with van der Waals surface area (Å²) in [6, 6.07) is 22.1. The molecule has 1 fully saturated rings. The molecule has 0 aliphatic heterocycles. The highest BCUT2D eigenvalue weighted by molar-refractivity contribution is 7.99. The van der Waals surface area contributed by atoms with E-state index in [9.17, 15) is 9.59 Å². The van der Waals surface area contributed by atoms with Crippen molar-refractivity contribution in [2.24, 2.45) is 0 Å². The van der Waals surface area contributed by atoms with Gasteiger partial charge in [0, 0.05) is 39.8 Å². The van der Waals surface area contributed by atoms with Crippen LogP contribution in [0.25, 0.3) is 0 Å². The third kappa shape index (κ3) is 8.65. The van der Waals surface area contributed by atoms with E-state index in [1.165, 1.54) is 18.2 Å². The van der Waals surface area contributed by atoms with Gasteiger partial charge in [0.1, 0.15) is 6.04 Å². The Bertz CT molecular complexity index is 1230. The van der Waals surface area contributed by atoms with Crippen molar-refractivity contribution in [1.29, 1.82) is 0 Å². The summed E-state index contributed by atoms with van der Waals surface area (Å²) in [6.07, 6.45) is 5.77. The second-order valence-corrected chi connectivity index (χ2v) is 12.1. The Morgan fingerprint density at radius 2 is 1.49 bits per heavy atom. The van der Waals surface area contributed by atoms with Crippen LogP contribution in [0, 0.1) is 0 Å². The summed E-state index contributed by atoms with van der Waals surface area (Å²) < 4.78 is 0. The van der Waals surface area contributed by atoms with Gasteiger partial charge in [0.25, 0.3) is 0 Å². The molecule has 39 heavy (non-hydrogen) atoms. The van der Waals surface area contributed by atoms with E-state index in [0.717, 1.165) is 42.4 Å². The van der Waals surface area contributed by atoms with Crippen LogP contribution in [0.2, 0.25) is 15.1 Å². The normalized spacial score (nSPS) is 14.5. The number of nitrogens with one attached hydrogen (secondary N) is 1. The summed E-state index contributed by atoms with van der Waals surface area (Å²) in [5.41, 5.74) is 2.59. The van der Waals surface area contributed by atoms with Crippen molar-refractivity contribution >= 4 is 58.4 Å². The summed E-state index contributed by atoms with van der Waals surface area (Å²) >= 11 is 20.6. The maximum Gasteiger partial charge on any atom is 0.243 e. The molecule has 1 aliphatic carbocycles. The average molecular weight is 604 g/mol. The van der Waals surface area contributed by atoms with Crippen LogP contribution in [-0.2, 0) is 28.3 Å². The topological polar surface area (TPSA) is 49.4 Å². The third-order valence-electron chi connectivity index (χ3n) is 7.05. The van der Waals surface area contributed by atoms with Gasteiger partial charge in [-0.1, -0.05) is 109 Å². The Morgan fingerprint density at radius 3 is 2.18 bits per heavy atom. The summed E-state index contributed by atoms with van der Waals surface area (Å²) in [5, 5.41) is 4.98. The Balaban J connectivity index is 1.59. The smallest absolute Gasteiger partial charge is 0.243 e. The quantitative estimate of drug-likeness (QED) is 0.242. The molecule has 4 rings (SSSR count). The molecule has 0 radical (unpaired) electrons. The largest absolute Gasteiger partial charge is 0.352 e. The van der Waals surface area contributed by atoms with E-state index in [4.69, 9.17) is 34.8 Å². The van der Waals surface area contributed by atoms with Crippen molar-refractivity contribution in [2.75, 3.05) is 5.75 Å². The van der Waals surface area contributed by atoms with Crippen LogP contribution in [0.4, 0.5) is 0 Å². The molecular formula is C31H33Cl3N2O2S. The van der Waals surface area contributed by atoms with Gasteiger partial charge in [0.2, 0.25) is 11.8 Å². The fourth-order valence-electron chi connectivity index (χ4n) is 4.90. The predicted molar refractivity (Wildman–Crippen MR) is 164 cm³/mol. The number of halogens is 3. The lowest BCUT2D eigenvalue weighted by molar-refractivity contribution is -0.139. The molecule has 4 nitrogen and oxygen atoms in total. The number of rotatable bonds is 11. The van der Waals surface area contributed by atoms with Crippen molar-refractivity contribution < 1.29 is 9.59 Å². The van der Waals surface area contributed by atoms with Crippen LogP contribution in [0.15, 0.2) is 72.8 Å². The zero-order valence-electron chi connectivity index (χ0n) is 21.8. The van der Waals surface area contributed by atoms with E-state index in [1.807, 2.05) is 54.6 Å². The van der Waals surface area contributed by atoms with Crippen molar-refractivity contribution in [3.63, 3.8) is 0 Å². The Labute approximate surface area is 250 Å². The van der Waals surface area contributed by atoms with Gasteiger partial charge in [-0.2, -0.15) is 0 Å². The lowest BCUT2D eigenvalue weighted by Crippen LogP contribution is -2.53. The molecule has 1 saturated carbocycles. The molecule has 8 heteroatoms. The minimum absolute atomic E-state index is 0.120. The molecule has 3 aromatic carbocycles. The molecule has 1 N–H and O–H groups in total. The van der Waals surface area contributed by atoms with Crippen molar-refractivity contribution in [3.8, 4) is 0 Å². The monoisotopic (exact) mass is 602 g/mol. The SMILES string of the molecule is O=C(NC1CCCCC1)[C@@H](Cc1ccccc1)N(Cc1ccccc1Cl)C(=O)CSCc1c(Cl)cccc1Cl. The number of carbonyl (C=O) groups is 2. The van der Waals surface area contributed by atoms with Crippen LogP contribution in [-0.4, -0.2) is 34.6 Å². The second kappa shape index (κ2) is 15.0. The fraction of sp³-hybridized carbons (Fsp3) is 0.355. The molecule has 0 aromatic heterocycles. The molecule has 0 spiro atoms. The molecule has 0 saturated heterocycles. The predicted octanol–water partition coefficient (Wildman–Crippen LogP) is 7.97. The molecule has 1 aliphatic rings. The summed E-state index contributed by atoms with van der Waals surface area (Å²) in [6.45, 7) is 0.238. The van der Waals surface area contributed by atoms with Gasteiger partial charge < -0.3 is 10.2 Å². The second-order valence-electron chi connectivity index (χ2n) is 9.86. The van der Waals surface area contributed by atoms with Gasteiger partial charge in [-0.3, -0.25) is 9.59 Å². The van der Waals surface area contributed by atoms with Crippen LogP contribution in [0.5, 0.6) is 0 Å². The number of hydrogen-bond donors (Lipinski definition) is 1. The molecule has 0 heterocycles. The number of thioether (sulfide) groups is 1. The molecular weight excluding hydrogens is 571 g/mol. The highest BCUT2D eigenvalue weighted by Gasteiger charge is 2.32. The third-order valence-corrected chi connectivity index (χ3v) is 9.08. The van der Waals surface area contributed by atoms with Crippen LogP contribution < -0.4 is 5.32 Å². The minimum atomic E-state index is -0.678. The highest BCUT2D eigenvalue weighted by Crippen LogP contribution is 2.29. The van der Waals surface area contributed by atoms with Crippen molar-refractivity contribution in [3.05, 3.63) is 105 Å². The Hall–Kier alpha value is -2.18. The summed E-state index contributed by atoms with van der Waals surface area (Å²) in [7, 11) is 0. The zero-order chi connectivity index (χ0) is 27.6. The standard InChI is InChI=1S/C31H33Cl3N2O2S/c32-26-15-8-7-12-23(26)19-36(30(37)21-39-20-25-27(33)16-9-17-28(25)34)29(18-22-10-3-1-4-11-22)31(38)35-24-13-5-2-6-14-24/h1,3-4,7-12,15-17,24,29H,2,5-6,13-14,18-21H2,(H,35,38)/t29-/m1/s1. The van der Waals surface area contributed by atoms with Gasteiger partial charge >= 0.3 is 0 Å². The first-order valence-corrected chi connectivity index (χ1v) is 15.6. The van der Waals surface area contributed by atoms with Crippen molar-refractivity contribution in [1.82, 2.24) is 10.2 Å². The lowest BCUT2D eigenvalue weighted by atomic mass is 9.94. The van der Waals surface area contributed by atoms with E-state index < -0.39 is 6.04 Å². The minimum Gasteiger partial charge on any atom is -0.352 e. The number of amides is 2.